The number of aliphatic hydroxyl groups is 1. The maximum atomic E-state index is 11.6. The maximum absolute atomic E-state index is 11.6. The topological polar surface area (TPSA) is 75.6 Å². The summed E-state index contributed by atoms with van der Waals surface area (Å²) in [7, 11) is -3.20. The van der Waals surface area contributed by atoms with Crippen molar-refractivity contribution in [3.8, 4) is 5.75 Å². The first kappa shape index (κ1) is 14.8. The van der Waals surface area contributed by atoms with Crippen LogP contribution in [-0.4, -0.2) is 43.3 Å². The fourth-order valence-corrected chi connectivity index (χ4v) is 4.29. The molecule has 3 rings (SSSR count). The van der Waals surface area contributed by atoms with Crippen LogP contribution >= 0.6 is 0 Å². The minimum absolute atomic E-state index is 0.113. The molecule has 21 heavy (non-hydrogen) atoms. The Bertz CT molecular complexity index is 625. The van der Waals surface area contributed by atoms with Gasteiger partial charge in [-0.3, -0.25) is 0 Å². The van der Waals surface area contributed by atoms with Crippen LogP contribution in [0.3, 0.4) is 0 Å². The van der Waals surface area contributed by atoms with E-state index in [1.54, 1.807) is 0 Å². The monoisotopic (exact) mass is 311 g/mol. The molecule has 5 nitrogen and oxygen atoms in total. The van der Waals surface area contributed by atoms with Crippen molar-refractivity contribution >= 4 is 9.84 Å². The van der Waals surface area contributed by atoms with Gasteiger partial charge in [-0.25, -0.2) is 8.42 Å². The van der Waals surface area contributed by atoms with Gasteiger partial charge in [0.15, 0.2) is 9.84 Å². The second-order valence-electron chi connectivity index (χ2n) is 6.02. The zero-order valence-electron chi connectivity index (χ0n) is 12.1. The van der Waals surface area contributed by atoms with E-state index in [0.717, 1.165) is 11.1 Å². The van der Waals surface area contributed by atoms with Crippen LogP contribution in [0, 0.1) is 6.92 Å². The lowest BCUT2D eigenvalue weighted by Crippen LogP contribution is -2.30. The number of hydrogen-bond donors (Lipinski definition) is 2. The Labute approximate surface area is 125 Å². The molecule has 1 aliphatic carbocycles. The van der Waals surface area contributed by atoms with Gasteiger partial charge in [0.05, 0.1) is 11.5 Å². The lowest BCUT2D eigenvalue weighted by Gasteiger charge is -2.20. The highest BCUT2D eigenvalue weighted by Crippen LogP contribution is 2.28. The smallest absolute Gasteiger partial charge is 0.156 e. The summed E-state index contributed by atoms with van der Waals surface area (Å²) in [6.45, 7) is 2.64. The molecular weight excluding hydrogens is 290 g/mol. The third-order valence-corrected chi connectivity index (χ3v) is 5.68. The summed E-state index contributed by atoms with van der Waals surface area (Å²) in [5.41, 5.74) is 1.97. The molecule has 116 valence electrons. The van der Waals surface area contributed by atoms with Crippen LogP contribution in [0.5, 0.6) is 5.75 Å². The van der Waals surface area contributed by atoms with Crippen molar-refractivity contribution in [3.63, 3.8) is 0 Å². The molecule has 0 spiro atoms. The van der Waals surface area contributed by atoms with E-state index in [1.165, 1.54) is 12.8 Å². The van der Waals surface area contributed by atoms with Gasteiger partial charge in [0.1, 0.15) is 18.0 Å². The molecule has 2 atom stereocenters. The predicted molar refractivity (Wildman–Crippen MR) is 80.1 cm³/mol. The number of sulfone groups is 1. The summed E-state index contributed by atoms with van der Waals surface area (Å²) in [5, 5.41) is 13.3. The van der Waals surface area contributed by atoms with E-state index in [2.05, 4.69) is 5.32 Å². The van der Waals surface area contributed by atoms with Crippen molar-refractivity contribution in [3.05, 3.63) is 29.3 Å². The number of ether oxygens (including phenoxy) is 1. The van der Waals surface area contributed by atoms with Crippen molar-refractivity contribution in [1.29, 1.82) is 0 Å². The maximum Gasteiger partial charge on any atom is 0.156 e. The summed E-state index contributed by atoms with van der Waals surface area (Å²) >= 11 is 0. The Balaban J connectivity index is 1.77. The molecule has 1 aromatic carbocycles. The lowest BCUT2D eigenvalue weighted by atomic mass is 10.1. The Morgan fingerprint density at radius 2 is 2.10 bits per heavy atom. The van der Waals surface area contributed by atoms with E-state index in [9.17, 15) is 13.5 Å². The Hall–Kier alpha value is -1.11. The summed E-state index contributed by atoms with van der Waals surface area (Å²) in [6, 6.07) is 6.48. The van der Waals surface area contributed by atoms with Gasteiger partial charge in [-0.1, -0.05) is 18.2 Å². The van der Waals surface area contributed by atoms with Crippen molar-refractivity contribution < 1.29 is 18.3 Å². The highest BCUT2D eigenvalue weighted by molar-refractivity contribution is 7.91. The third kappa shape index (κ3) is 3.56. The normalized spacial score (nSPS) is 27.7. The second-order valence-corrected chi connectivity index (χ2v) is 8.17. The second kappa shape index (κ2) is 5.59. The van der Waals surface area contributed by atoms with Crippen molar-refractivity contribution in [2.75, 3.05) is 11.5 Å². The van der Waals surface area contributed by atoms with Gasteiger partial charge in [0, 0.05) is 18.2 Å². The van der Waals surface area contributed by atoms with Gasteiger partial charge in [0.2, 0.25) is 0 Å². The number of hydrogen-bond acceptors (Lipinski definition) is 5. The van der Waals surface area contributed by atoms with Gasteiger partial charge in [-0.15, -0.1) is 0 Å². The molecule has 1 saturated carbocycles. The molecule has 2 aliphatic rings. The molecule has 0 aromatic heterocycles. The average molecular weight is 311 g/mol. The largest absolute Gasteiger partial charge is 0.486 e. The highest BCUT2D eigenvalue weighted by atomic mass is 32.2. The lowest BCUT2D eigenvalue weighted by molar-refractivity contribution is 0.0726. The zero-order chi connectivity index (χ0) is 15.0. The van der Waals surface area contributed by atoms with Crippen LogP contribution in [0.4, 0.5) is 0 Å². The fourth-order valence-electron chi connectivity index (χ4n) is 2.62. The number of aliphatic hydroxyl groups excluding tert-OH is 1. The molecular formula is C15H21NO4S. The number of nitrogens with one attached hydrogen (secondary N) is 1. The molecule has 2 N–H and O–H groups in total. The summed E-state index contributed by atoms with van der Waals surface area (Å²) in [4.78, 5) is 0. The molecule has 6 heteroatoms. The molecule has 1 saturated heterocycles. The first-order chi connectivity index (χ1) is 9.94. The van der Waals surface area contributed by atoms with E-state index < -0.39 is 22.0 Å². The van der Waals surface area contributed by atoms with Crippen LogP contribution in [0.25, 0.3) is 0 Å². The van der Waals surface area contributed by atoms with Crippen LogP contribution in [0.15, 0.2) is 18.2 Å². The van der Waals surface area contributed by atoms with E-state index in [1.807, 2.05) is 25.1 Å². The molecule has 2 unspecified atom stereocenters. The van der Waals surface area contributed by atoms with Crippen molar-refractivity contribution in [2.24, 2.45) is 0 Å². The number of benzene rings is 1. The summed E-state index contributed by atoms with van der Waals surface area (Å²) in [5.74, 6) is 0.379. The summed E-state index contributed by atoms with van der Waals surface area (Å²) < 4.78 is 29.0. The van der Waals surface area contributed by atoms with Crippen molar-refractivity contribution in [2.45, 2.75) is 44.6 Å². The predicted octanol–water partition coefficient (Wildman–Crippen LogP) is 0.784. The molecule has 1 heterocycles. The van der Waals surface area contributed by atoms with Gasteiger partial charge >= 0.3 is 0 Å². The van der Waals surface area contributed by atoms with E-state index in [0.29, 0.717) is 18.3 Å². The van der Waals surface area contributed by atoms with Gasteiger partial charge in [-0.2, -0.15) is 0 Å². The molecule has 1 aromatic rings. The van der Waals surface area contributed by atoms with Gasteiger partial charge in [-0.05, 0) is 25.3 Å². The number of para-hydroxylation sites is 1. The average Bonchev–Trinajstić information content (AvgIpc) is 3.17. The Kier molecular flexibility index (Phi) is 3.94. The molecule has 0 radical (unpaired) electrons. The quantitative estimate of drug-likeness (QED) is 0.840. The third-order valence-electron chi connectivity index (χ3n) is 3.99. The first-order valence-corrected chi connectivity index (χ1v) is 9.14. The minimum atomic E-state index is -3.20. The Morgan fingerprint density at radius 1 is 1.33 bits per heavy atom. The van der Waals surface area contributed by atoms with E-state index in [4.69, 9.17) is 4.74 Å². The SMILES string of the molecule is Cc1cccc(CNC2CC2)c1OC1CS(=O)(=O)CC1O. The highest BCUT2D eigenvalue weighted by Gasteiger charge is 2.38. The van der Waals surface area contributed by atoms with Crippen LogP contribution < -0.4 is 10.1 Å². The molecule has 1 aliphatic heterocycles. The van der Waals surface area contributed by atoms with Gasteiger partial charge < -0.3 is 15.2 Å². The number of rotatable bonds is 5. The molecule has 0 bridgehead atoms. The fraction of sp³-hybridized carbons (Fsp3) is 0.600. The van der Waals surface area contributed by atoms with E-state index >= 15 is 0 Å². The summed E-state index contributed by atoms with van der Waals surface area (Å²) in [6.07, 6.45) is 0.804. The standard InChI is InChI=1S/C15H21NO4S/c1-10-3-2-4-11(7-16-12-5-6-12)15(10)20-14-9-21(18,19)8-13(14)17/h2-4,12-14,16-17H,5-9H2,1H3. The van der Waals surface area contributed by atoms with Crippen LogP contribution in [0.1, 0.15) is 24.0 Å². The minimum Gasteiger partial charge on any atom is -0.486 e. The van der Waals surface area contributed by atoms with Gasteiger partial charge in [0.25, 0.3) is 0 Å². The van der Waals surface area contributed by atoms with E-state index in [-0.39, 0.29) is 11.5 Å². The number of aryl methyl sites for hydroxylation is 1. The van der Waals surface area contributed by atoms with Crippen LogP contribution in [0.2, 0.25) is 0 Å². The molecule has 0 amide bonds. The Morgan fingerprint density at radius 3 is 2.71 bits per heavy atom. The molecule has 2 fully saturated rings. The van der Waals surface area contributed by atoms with Crippen molar-refractivity contribution in [1.82, 2.24) is 5.32 Å². The zero-order valence-corrected chi connectivity index (χ0v) is 12.9. The first-order valence-electron chi connectivity index (χ1n) is 7.31. The van der Waals surface area contributed by atoms with Crippen LogP contribution in [-0.2, 0) is 16.4 Å².